The molecule has 0 bridgehead atoms. The van der Waals surface area contributed by atoms with Crippen molar-refractivity contribution in [1.82, 2.24) is 9.55 Å². The highest BCUT2D eigenvalue weighted by Crippen LogP contribution is 2.17. The third-order valence-corrected chi connectivity index (χ3v) is 1.68. The molecule has 0 aliphatic rings. The third kappa shape index (κ3) is 1.34. The molecule has 1 heterocycles. The van der Waals surface area contributed by atoms with Gasteiger partial charge in [-0.2, -0.15) is 0 Å². The maximum absolute atomic E-state index is 9.63. The van der Waals surface area contributed by atoms with Crippen molar-refractivity contribution in [3.05, 3.63) is 17.7 Å². The lowest BCUT2D eigenvalue weighted by Crippen LogP contribution is -2.21. The van der Waals surface area contributed by atoms with Crippen LogP contribution in [-0.2, 0) is 12.6 Å². The van der Waals surface area contributed by atoms with E-state index in [0.29, 0.717) is 11.5 Å². The molecule has 0 saturated carbocycles. The van der Waals surface area contributed by atoms with Gasteiger partial charge in [0.15, 0.2) is 0 Å². The molecule has 1 aromatic rings. The highest BCUT2D eigenvalue weighted by atomic mass is 16.3. The summed E-state index contributed by atoms with van der Waals surface area (Å²) in [5.74, 6) is 3.06. The third-order valence-electron chi connectivity index (χ3n) is 1.68. The minimum atomic E-state index is -0.941. The summed E-state index contributed by atoms with van der Waals surface area (Å²) in [6.45, 7) is 3.35. The van der Waals surface area contributed by atoms with Gasteiger partial charge in [-0.1, -0.05) is 5.92 Å². The van der Waals surface area contributed by atoms with E-state index in [0.717, 1.165) is 0 Å². The van der Waals surface area contributed by atoms with Crippen molar-refractivity contribution in [3.63, 3.8) is 0 Å². The Morgan fingerprint density at radius 3 is 2.50 bits per heavy atom. The van der Waals surface area contributed by atoms with Crippen molar-refractivity contribution in [2.24, 2.45) is 7.05 Å². The minimum absolute atomic E-state index is 0.579. The second kappa shape index (κ2) is 2.65. The summed E-state index contributed by atoms with van der Waals surface area (Å²) in [5, 5.41) is 9.63. The fourth-order valence-electron chi connectivity index (χ4n) is 1.11. The monoisotopic (exact) mass is 164 g/mol. The molecule has 0 unspecified atom stereocenters. The molecule has 64 valence electrons. The Labute approximate surface area is 72.1 Å². The van der Waals surface area contributed by atoms with E-state index in [4.69, 9.17) is 6.42 Å². The van der Waals surface area contributed by atoms with Gasteiger partial charge in [-0.05, 0) is 13.8 Å². The molecule has 12 heavy (non-hydrogen) atoms. The van der Waals surface area contributed by atoms with Crippen molar-refractivity contribution in [3.8, 4) is 12.3 Å². The normalized spacial score (nSPS) is 11.2. The summed E-state index contributed by atoms with van der Waals surface area (Å²) in [4.78, 5) is 4.03. The van der Waals surface area contributed by atoms with Crippen LogP contribution in [0.2, 0.25) is 0 Å². The quantitative estimate of drug-likeness (QED) is 0.618. The summed E-state index contributed by atoms with van der Waals surface area (Å²) < 4.78 is 1.71. The molecule has 1 rings (SSSR count). The molecule has 0 aromatic carbocycles. The smallest absolute Gasteiger partial charge is 0.140 e. The second-order valence-corrected chi connectivity index (χ2v) is 3.23. The van der Waals surface area contributed by atoms with Crippen molar-refractivity contribution >= 4 is 0 Å². The molecular formula is C9H12N2O. The number of hydrogen-bond donors (Lipinski definition) is 1. The Morgan fingerprint density at radius 1 is 1.67 bits per heavy atom. The van der Waals surface area contributed by atoms with Crippen molar-refractivity contribution in [1.29, 1.82) is 0 Å². The zero-order valence-electron chi connectivity index (χ0n) is 7.50. The van der Waals surface area contributed by atoms with E-state index in [9.17, 15) is 5.11 Å². The fourth-order valence-corrected chi connectivity index (χ4v) is 1.11. The summed E-state index contributed by atoms with van der Waals surface area (Å²) in [5.41, 5.74) is -0.267. The largest absolute Gasteiger partial charge is 0.383 e. The molecule has 3 nitrogen and oxygen atoms in total. The Hall–Kier alpha value is -1.27. The van der Waals surface area contributed by atoms with Crippen LogP contribution in [0.1, 0.15) is 25.4 Å². The van der Waals surface area contributed by atoms with E-state index in [1.807, 2.05) is 0 Å². The first-order valence-electron chi connectivity index (χ1n) is 3.68. The van der Waals surface area contributed by atoms with Crippen LogP contribution >= 0.6 is 0 Å². The van der Waals surface area contributed by atoms with Crippen molar-refractivity contribution < 1.29 is 5.11 Å². The average molecular weight is 164 g/mol. The van der Waals surface area contributed by atoms with Crippen LogP contribution in [0.3, 0.4) is 0 Å². The van der Waals surface area contributed by atoms with Gasteiger partial charge >= 0.3 is 0 Å². The van der Waals surface area contributed by atoms with E-state index in [2.05, 4.69) is 10.9 Å². The molecule has 0 fully saturated rings. The summed E-state index contributed by atoms with van der Waals surface area (Å²) >= 11 is 0. The molecule has 1 aromatic heterocycles. The minimum Gasteiger partial charge on any atom is -0.383 e. The molecule has 0 aliphatic carbocycles. The zero-order chi connectivity index (χ0) is 9.35. The number of aromatic nitrogens is 2. The predicted octanol–water partition coefficient (Wildman–Crippen LogP) is 0.629. The maximum atomic E-state index is 9.63. The number of aliphatic hydroxyl groups is 1. The lowest BCUT2D eigenvalue weighted by molar-refractivity contribution is 0.0658. The molecule has 0 radical (unpaired) electrons. The highest BCUT2D eigenvalue weighted by Gasteiger charge is 2.21. The van der Waals surface area contributed by atoms with Crippen LogP contribution in [0.15, 0.2) is 6.20 Å². The molecular weight excluding hydrogens is 152 g/mol. The zero-order valence-corrected chi connectivity index (χ0v) is 7.50. The fraction of sp³-hybridized carbons (Fsp3) is 0.444. The van der Waals surface area contributed by atoms with Crippen LogP contribution < -0.4 is 0 Å². The SMILES string of the molecule is C#Cc1cnc(C(C)(C)O)n1C. The van der Waals surface area contributed by atoms with E-state index in [1.165, 1.54) is 0 Å². The van der Waals surface area contributed by atoms with Gasteiger partial charge in [-0.3, -0.25) is 0 Å². The molecule has 0 aliphatic heterocycles. The van der Waals surface area contributed by atoms with Gasteiger partial charge in [0.1, 0.15) is 17.1 Å². The molecule has 1 N–H and O–H groups in total. The van der Waals surface area contributed by atoms with Gasteiger partial charge in [0, 0.05) is 7.05 Å². The standard InChI is InChI=1S/C9H12N2O/c1-5-7-6-10-8(11(7)4)9(2,3)12/h1,6,12H,2-4H3. The number of nitrogens with zero attached hydrogens (tertiary/aromatic N) is 2. The van der Waals surface area contributed by atoms with Gasteiger partial charge in [0.2, 0.25) is 0 Å². The molecule has 0 saturated heterocycles. The van der Waals surface area contributed by atoms with Gasteiger partial charge in [0.05, 0.1) is 6.20 Å². The van der Waals surface area contributed by atoms with Gasteiger partial charge in [-0.25, -0.2) is 4.98 Å². The van der Waals surface area contributed by atoms with Gasteiger partial charge in [-0.15, -0.1) is 6.42 Å². The first kappa shape index (κ1) is 8.82. The molecule has 0 amide bonds. The van der Waals surface area contributed by atoms with Crippen LogP contribution in [-0.4, -0.2) is 14.7 Å². The van der Waals surface area contributed by atoms with Crippen LogP contribution in [0.25, 0.3) is 0 Å². The average Bonchev–Trinajstić information content (AvgIpc) is 2.29. The number of terminal acetylenes is 1. The van der Waals surface area contributed by atoms with Gasteiger partial charge in [0.25, 0.3) is 0 Å². The summed E-state index contributed by atoms with van der Waals surface area (Å²) in [7, 11) is 1.79. The van der Waals surface area contributed by atoms with E-state index in [1.54, 1.807) is 31.7 Å². The predicted molar refractivity (Wildman–Crippen MR) is 46.4 cm³/mol. The first-order chi connectivity index (χ1) is 5.46. The first-order valence-corrected chi connectivity index (χ1v) is 3.68. The van der Waals surface area contributed by atoms with E-state index < -0.39 is 5.60 Å². The Balaban J connectivity index is 3.22. The van der Waals surface area contributed by atoms with E-state index in [-0.39, 0.29) is 0 Å². The Kier molecular flexibility index (Phi) is 1.95. The summed E-state index contributed by atoms with van der Waals surface area (Å²) in [6.07, 6.45) is 6.79. The highest BCUT2D eigenvalue weighted by molar-refractivity contribution is 5.25. The lowest BCUT2D eigenvalue weighted by Gasteiger charge is -2.16. The number of hydrogen-bond acceptors (Lipinski definition) is 2. The Morgan fingerprint density at radius 2 is 2.25 bits per heavy atom. The molecule has 0 atom stereocenters. The topological polar surface area (TPSA) is 38.1 Å². The number of imidazole rings is 1. The number of rotatable bonds is 1. The molecule has 3 heteroatoms. The second-order valence-electron chi connectivity index (χ2n) is 3.23. The van der Waals surface area contributed by atoms with Crippen LogP contribution in [0.4, 0.5) is 0 Å². The van der Waals surface area contributed by atoms with Crippen molar-refractivity contribution in [2.75, 3.05) is 0 Å². The van der Waals surface area contributed by atoms with Crippen LogP contribution in [0, 0.1) is 12.3 Å². The molecule has 0 spiro atoms. The maximum Gasteiger partial charge on any atom is 0.140 e. The van der Waals surface area contributed by atoms with E-state index >= 15 is 0 Å². The lowest BCUT2D eigenvalue weighted by atomic mass is 10.1. The van der Waals surface area contributed by atoms with Gasteiger partial charge < -0.3 is 9.67 Å². The summed E-state index contributed by atoms with van der Waals surface area (Å²) in [6, 6.07) is 0. The van der Waals surface area contributed by atoms with Crippen molar-refractivity contribution in [2.45, 2.75) is 19.4 Å². The van der Waals surface area contributed by atoms with Crippen LogP contribution in [0.5, 0.6) is 0 Å². The Bertz CT molecular complexity index is 325.